The van der Waals surface area contributed by atoms with Crippen molar-refractivity contribution in [2.24, 2.45) is 0 Å². The van der Waals surface area contributed by atoms with E-state index < -0.39 is 0 Å². The summed E-state index contributed by atoms with van der Waals surface area (Å²) in [6.07, 6.45) is -0.217. The average molecular weight is 339 g/mol. The van der Waals surface area contributed by atoms with E-state index in [9.17, 15) is 0 Å². The van der Waals surface area contributed by atoms with Crippen molar-refractivity contribution < 1.29 is 9.47 Å². The summed E-state index contributed by atoms with van der Waals surface area (Å²) in [7, 11) is 3.24. The summed E-state index contributed by atoms with van der Waals surface area (Å²) < 4.78 is 11.1. The van der Waals surface area contributed by atoms with E-state index in [-0.39, 0.29) is 6.29 Å². The molecule has 0 aliphatic rings. The van der Waals surface area contributed by atoms with E-state index in [0.717, 1.165) is 21.6 Å². The molecule has 0 unspecified atom stereocenters. The van der Waals surface area contributed by atoms with Gasteiger partial charge in [-0.15, -0.1) is 0 Å². The zero-order valence-corrected chi connectivity index (χ0v) is 13.6. The molecule has 0 aromatic heterocycles. The molecule has 0 saturated heterocycles. The summed E-state index contributed by atoms with van der Waals surface area (Å²) in [5, 5.41) is 3.97. The summed E-state index contributed by atoms with van der Waals surface area (Å²) >= 11 is 9.32. The van der Waals surface area contributed by atoms with Gasteiger partial charge in [-0.2, -0.15) is 0 Å². The largest absolute Gasteiger partial charge is 0.355 e. The molecule has 0 atom stereocenters. The zero-order valence-electron chi connectivity index (χ0n) is 11.3. The predicted molar refractivity (Wildman–Crippen MR) is 80.0 cm³/mol. The third-order valence-corrected chi connectivity index (χ3v) is 3.14. The van der Waals surface area contributed by atoms with Crippen molar-refractivity contribution in [1.82, 2.24) is 5.32 Å². The molecule has 1 aromatic rings. The van der Waals surface area contributed by atoms with Gasteiger partial charge in [0.15, 0.2) is 6.29 Å². The minimum absolute atomic E-state index is 0.217. The van der Waals surface area contributed by atoms with Crippen molar-refractivity contribution in [3.8, 4) is 0 Å². The van der Waals surface area contributed by atoms with Crippen LogP contribution in [0.2, 0.25) is 5.02 Å². The Morgan fingerprint density at radius 2 is 1.89 bits per heavy atom. The van der Waals surface area contributed by atoms with E-state index in [1.165, 1.54) is 0 Å². The number of hydrogen-bond acceptors (Lipinski definition) is 3. The summed E-state index contributed by atoms with van der Waals surface area (Å²) in [6.45, 7) is 5.38. The van der Waals surface area contributed by atoms with Gasteiger partial charge in [-0.05, 0) is 17.7 Å². The molecule has 0 fully saturated rings. The van der Waals surface area contributed by atoms with Crippen LogP contribution in [-0.2, 0) is 16.0 Å². The Balaban J connectivity index is 0.00000137. The van der Waals surface area contributed by atoms with Gasteiger partial charge < -0.3 is 14.8 Å². The van der Waals surface area contributed by atoms with Gasteiger partial charge in [0.2, 0.25) is 0 Å². The van der Waals surface area contributed by atoms with Crippen LogP contribution in [0.1, 0.15) is 19.4 Å². The Morgan fingerprint density at radius 3 is 2.39 bits per heavy atom. The van der Waals surface area contributed by atoms with Crippen molar-refractivity contribution in [3.05, 3.63) is 33.3 Å². The van der Waals surface area contributed by atoms with Gasteiger partial charge in [0, 0.05) is 36.8 Å². The second-order valence-electron chi connectivity index (χ2n) is 3.27. The van der Waals surface area contributed by atoms with E-state index in [1.54, 1.807) is 14.2 Å². The quantitative estimate of drug-likeness (QED) is 0.800. The topological polar surface area (TPSA) is 30.5 Å². The zero-order chi connectivity index (χ0) is 14.0. The van der Waals surface area contributed by atoms with Crippen LogP contribution >= 0.6 is 27.5 Å². The highest BCUT2D eigenvalue weighted by Gasteiger charge is 2.05. The molecule has 1 N–H and O–H groups in total. The Kier molecular flexibility index (Phi) is 10.7. The third kappa shape index (κ3) is 6.71. The van der Waals surface area contributed by atoms with Gasteiger partial charge in [0.05, 0.1) is 0 Å². The summed E-state index contributed by atoms with van der Waals surface area (Å²) in [4.78, 5) is 0. The number of ether oxygens (including phenoxy) is 2. The molecule has 0 aliphatic heterocycles. The normalized spacial score (nSPS) is 10.2. The fourth-order valence-corrected chi connectivity index (χ4v) is 2.08. The number of rotatable bonds is 6. The Morgan fingerprint density at radius 1 is 1.28 bits per heavy atom. The summed E-state index contributed by atoms with van der Waals surface area (Å²) in [6, 6.07) is 5.73. The van der Waals surface area contributed by atoms with E-state index in [2.05, 4.69) is 21.2 Å². The SMILES string of the molecule is CC.COC(CNCc1ccc(Cl)cc1Br)OC. The Hall–Kier alpha value is -0.130. The minimum atomic E-state index is -0.217. The standard InChI is InChI=1S/C11H15BrClNO2.C2H6/c1-15-11(16-2)7-14-6-8-3-4-9(13)5-10(8)12;1-2/h3-5,11,14H,6-7H2,1-2H3;1-2H3. The van der Waals surface area contributed by atoms with Gasteiger partial charge >= 0.3 is 0 Å². The Bertz CT molecular complexity index is 333. The van der Waals surface area contributed by atoms with Crippen LogP contribution in [0, 0.1) is 0 Å². The molecule has 0 heterocycles. The van der Waals surface area contributed by atoms with Crippen LogP contribution in [0.15, 0.2) is 22.7 Å². The molecule has 0 bridgehead atoms. The van der Waals surface area contributed by atoms with Gasteiger partial charge in [0.1, 0.15) is 0 Å². The van der Waals surface area contributed by atoms with Crippen LogP contribution in [0.25, 0.3) is 0 Å². The van der Waals surface area contributed by atoms with E-state index in [0.29, 0.717) is 6.54 Å². The molecule has 0 aliphatic carbocycles. The molecule has 5 heteroatoms. The van der Waals surface area contributed by atoms with Crippen LogP contribution in [0.3, 0.4) is 0 Å². The second kappa shape index (κ2) is 10.8. The maximum absolute atomic E-state index is 5.86. The molecule has 0 radical (unpaired) electrons. The van der Waals surface area contributed by atoms with Gasteiger partial charge in [-0.1, -0.05) is 47.4 Å². The minimum Gasteiger partial charge on any atom is -0.355 e. The first-order valence-corrected chi connectivity index (χ1v) is 7.04. The van der Waals surface area contributed by atoms with E-state index in [1.807, 2.05) is 32.0 Å². The molecule has 104 valence electrons. The Labute approximate surface area is 123 Å². The van der Waals surface area contributed by atoms with Crippen molar-refractivity contribution >= 4 is 27.5 Å². The van der Waals surface area contributed by atoms with Crippen LogP contribution in [0.4, 0.5) is 0 Å². The summed E-state index contributed by atoms with van der Waals surface area (Å²) in [5.41, 5.74) is 1.15. The highest BCUT2D eigenvalue weighted by molar-refractivity contribution is 9.10. The first kappa shape index (κ1) is 17.9. The number of halogens is 2. The van der Waals surface area contributed by atoms with Crippen molar-refractivity contribution in [1.29, 1.82) is 0 Å². The molecule has 0 saturated carbocycles. The van der Waals surface area contributed by atoms with Crippen molar-refractivity contribution in [2.45, 2.75) is 26.7 Å². The lowest BCUT2D eigenvalue weighted by molar-refractivity contribution is -0.0989. The molecule has 18 heavy (non-hydrogen) atoms. The monoisotopic (exact) mass is 337 g/mol. The predicted octanol–water partition coefficient (Wildman–Crippen LogP) is 3.84. The summed E-state index contributed by atoms with van der Waals surface area (Å²) in [5.74, 6) is 0. The fourth-order valence-electron chi connectivity index (χ4n) is 1.25. The van der Waals surface area contributed by atoms with Crippen molar-refractivity contribution in [2.75, 3.05) is 20.8 Å². The van der Waals surface area contributed by atoms with Crippen LogP contribution < -0.4 is 5.32 Å². The number of methoxy groups -OCH3 is 2. The highest BCUT2D eigenvalue weighted by Crippen LogP contribution is 2.21. The smallest absolute Gasteiger partial charge is 0.169 e. The highest BCUT2D eigenvalue weighted by atomic mass is 79.9. The second-order valence-corrected chi connectivity index (χ2v) is 4.56. The molecule has 0 spiro atoms. The van der Waals surface area contributed by atoms with Crippen molar-refractivity contribution in [3.63, 3.8) is 0 Å². The maximum Gasteiger partial charge on any atom is 0.169 e. The number of benzene rings is 1. The van der Waals surface area contributed by atoms with Crippen LogP contribution in [-0.4, -0.2) is 27.1 Å². The number of nitrogens with one attached hydrogen (secondary N) is 1. The molecular weight excluding hydrogens is 318 g/mol. The lowest BCUT2D eigenvalue weighted by Gasteiger charge is -2.14. The first-order valence-electron chi connectivity index (χ1n) is 5.87. The average Bonchev–Trinajstić information content (AvgIpc) is 2.39. The lowest BCUT2D eigenvalue weighted by atomic mass is 10.2. The maximum atomic E-state index is 5.86. The van der Waals surface area contributed by atoms with Gasteiger partial charge in [0.25, 0.3) is 0 Å². The molecule has 0 amide bonds. The first-order chi connectivity index (χ1) is 8.67. The number of hydrogen-bond donors (Lipinski definition) is 1. The molecular formula is C13H21BrClNO2. The van der Waals surface area contributed by atoms with Gasteiger partial charge in [-0.3, -0.25) is 0 Å². The third-order valence-electron chi connectivity index (χ3n) is 2.17. The molecule has 3 nitrogen and oxygen atoms in total. The molecule has 1 aromatic carbocycles. The van der Waals surface area contributed by atoms with E-state index in [4.69, 9.17) is 21.1 Å². The molecule has 1 rings (SSSR count). The van der Waals surface area contributed by atoms with Crippen LogP contribution in [0.5, 0.6) is 0 Å². The van der Waals surface area contributed by atoms with Gasteiger partial charge in [-0.25, -0.2) is 0 Å². The fraction of sp³-hybridized carbons (Fsp3) is 0.538. The van der Waals surface area contributed by atoms with E-state index >= 15 is 0 Å². The lowest BCUT2D eigenvalue weighted by Crippen LogP contribution is -2.29.